The summed E-state index contributed by atoms with van der Waals surface area (Å²) in [7, 11) is 1.78. The number of likely N-dealkylation sites (N-methyl/N-ethyl adjacent to an activating group) is 1. The summed E-state index contributed by atoms with van der Waals surface area (Å²) in [6.07, 6.45) is 2.26. The molecule has 1 saturated heterocycles. The van der Waals surface area contributed by atoms with Crippen LogP contribution in [0.1, 0.15) is 34.8 Å². The largest absolute Gasteiger partial charge is 0.368 e. The molecule has 1 aliphatic rings. The quantitative estimate of drug-likeness (QED) is 0.349. The molecule has 1 fully saturated rings. The van der Waals surface area contributed by atoms with Crippen molar-refractivity contribution >= 4 is 46.6 Å². The van der Waals surface area contributed by atoms with Crippen molar-refractivity contribution in [1.82, 2.24) is 9.80 Å². The molecule has 0 unspecified atom stereocenters. The summed E-state index contributed by atoms with van der Waals surface area (Å²) >= 11 is 12.3. The van der Waals surface area contributed by atoms with Crippen LogP contribution in [0.5, 0.6) is 0 Å². The number of halogens is 2. The van der Waals surface area contributed by atoms with Gasteiger partial charge in [0.05, 0.1) is 29.2 Å². The minimum atomic E-state index is -0.564. The summed E-state index contributed by atoms with van der Waals surface area (Å²) in [5.41, 5.74) is 14.8. The van der Waals surface area contributed by atoms with Gasteiger partial charge in [0.25, 0.3) is 0 Å². The lowest BCUT2D eigenvalue weighted by Crippen LogP contribution is -2.45. The van der Waals surface area contributed by atoms with Gasteiger partial charge >= 0.3 is 0 Å². The monoisotopic (exact) mass is 581 g/mol. The van der Waals surface area contributed by atoms with Gasteiger partial charge in [-0.25, -0.2) is 0 Å². The number of likely N-dealkylation sites (tertiary alicyclic amines) is 1. The van der Waals surface area contributed by atoms with Crippen LogP contribution in [0, 0.1) is 0 Å². The van der Waals surface area contributed by atoms with Crippen LogP contribution in [-0.2, 0) is 9.59 Å². The van der Waals surface area contributed by atoms with Crippen LogP contribution in [0.2, 0.25) is 10.0 Å². The average Bonchev–Trinajstić information content (AvgIpc) is 3.46. The first-order valence-corrected chi connectivity index (χ1v) is 13.8. The van der Waals surface area contributed by atoms with Crippen LogP contribution in [0.15, 0.2) is 66.7 Å². The fourth-order valence-electron chi connectivity index (χ4n) is 4.97. The number of nitrogens with zero attached hydrogens (tertiary/aromatic N) is 3. The van der Waals surface area contributed by atoms with E-state index in [0.717, 1.165) is 42.6 Å². The van der Waals surface area contributed by atoms with Gasteiger partial charge in [0.1, 0.15) is 0 Å². The summed E-state index contributed by atoms with van der Waals surface area (Å²) in [5.74, 6) is -1.21. The van der Waals surface area contributed by atoms with Crippen molar-refractivity contribution in [3.8, 4) is 11.1 Å². The number of rotatable bonds is 11. The summed E-state index contributed by atoms with van der Waals surface area (Å²) in [6.45, 7) is 2.43. The maximum atomic E-state index is 13.6. The molecule has 0 aliphatic carbocycles. The Labute approximate surface area is 244 Å². The lowest BCUT2D eigenvalue weighted by atomic mass is 9.98. The van der Waals surface area contributed by atoms with Crippen molar-refractivity contribution < 1.29 is 14.4 Å². The second kappa shape index (κ2) is 13.2. The molecule has 1 heterocycles. The Balaban J connectivity index is 1.58. The third kappa shape index (κ3) is 7.33. The topological polar surface area (TPSA) is 113 Å². The highest BCUT2D eigenvalue weighted by Gasteiger charge is 2.27. The highest BCUT2D eigenvalue weighted by molar-refractivity contribution is 6.42. The second-order valence-corrected chi connectivity index (χ2v) is 10.8. The van der Waals surface area contributed by atoms with E-state index in [1.54, 1.807) is 53.2 Å². The smallest absolute Gasteiger partial charge is 0.248 e. The molecule has 1 atom stereocenters. The van der Waals surface area contributed by atoms with E-state index < -0.39 is 11.8 Å². The number of primary amides is 2. The van der Waals surface area contributed by atoms with Crippen molar-refractivity contribution in [3.63, 3.8) is 0 Å². The number of anilines is 1. The third-order valence-corrected chi connectivity index (χ3v) is 7.95. The lowest BCUT2D eigenvalue weighted by Gasteiger charge is -2.34. The van der Waals surface area contributed by atoms with Gasteiger partial charge in [-0.3, -0.25) is 14.4 Å². The zero-order valence-electron chi connectivity index (χ0n) is 22.4. The Morgan fingerprint density at radius 1 is 0.875 bits per heavy atom. The summed E-state index contributed by atoms with van der Waals surface area (Å²) in [4.78, 5) is 42.8. The predicted octanol–water partition coefficient (Wildman–Crippen LogP) is 4.35. The Kier molecular flexibility index (Phi) is 9.68. The van der Waals surface area contributed by atoms with Gasteiger partial charge in [-0.15, -0.1) is 0 Å². The first-order valence-electron chi connectivity index (χ1n) is 13.1. The molecular weight excluding hydrogens is 549 g/mol. The van der Waals surface area contributed by atoms with Crippen LogP contribution >= 0.6 is 23.2 Å². The minimum Gasteiger partial charge on any atom is -0.368 e. The van der Waals surface area contributed by atoms with Crippen molar-refractivity contribution in [2.45, 2.75) is 18.9 Å². The molecule has 10 heteroatoms. The van der Waals surface area contributed by atoms with Crippen LogP contribution in [-0.4, -0.2) is 67.3 Å². The first kappa shape index (κ1) is 29.4. The van der Waals surface area contributed by atoms with Gasteiger partial charge in [0, 0.05) is 24.8 Å². The summed E-state index contributed by atoms with van der Waals surface area (Å²) in [6, 6.07) is 19.9. The SMILES string of the molecule is CN(C(=O)CN(CC(N)=O)c1ccc(Cl)c(Cl)c1)[C@@H](CN1CCCC1)c1ccc(-c2cccc(C(N)=O)c2)cc1. The van der Waals surface area contributed by atoms with E-state index in [9.17, 15) is 14.4 Å². The molecule has 4 N–H and O–H groups in total. The molecular formula is C30H33Cl2N5O3. The molecule has 0 saturated carbocycles. The van der Waals surface area contributed by atoms with Gasteiger partial charge in [-0.05, 0) is 73.0 Å². The molecule has 3 amide bonds. The van der Waals surface area contributed by atoms with Crippen molar-refractivity contribution in [1.29, 1.82) is 0 Å². The normalized spacial score (nSPS) is 14.1. The van der Waals surface area contributed by atoms with Crippen LogP contribution < -0.4 is 16.4 Å². The first-order chi connectivity index (χ1) is 19.1. The number of amides is 3. The molecule has 0 bridgehead atoms. The van der Waals surface area contributed by atoms with E-state index in [2.05, 4.69) is 4.90 Å². The van der Waals surface area contributed by atoms with Crippen molar-refractivity contribution in [3.05, 3.63) is 87.9 Å². The fraction of sp³-hybridized carbons (Fsp3) is 0.300. The number of carbonyl (C=O) groups is 3. The molecule has 1 aliphatic heterocycles. The summed E-state index contributed by atoms with van der Waals surface area (Å²) < 4.78 is 0. The van der Waals surface area contributed by atoms with Crippen LogP contribution in [0.25, 0.3) is 11.1 Å². The second-order valence-electron chi connectivity index (χ2n) is 10.0. The lowest BCUT2D eigenvalue weighted by molar-refractivity contribution is -0.131. The maximum absolute atomic E-state index is 13.6. The molecule has 4 rings (SSSR count). The van der Waals surface area contributed by atoms with Crippen molar-refractivity contribution in [2.75, 3.05) is 44.7 Å². The molecule has 0 spiro atoms. The number of hydrogen-bond acceptors (Lipinski definition) is 5. The fourth-order valence-corrected chi connectivity index (χ4v) is 5.26. The van der Waals surface area contributed by atoms with E-state index in [4.69, 9.17) is 34.7 Å². The molecule has 3 aromatic rings. The van der Waals surface area contributed by atoms with Crippen LogP contribution in [0.3, 0.4) is 0 Å². The molecule has 8 nitrogen and oxygen atoms in total. The molecule has 0 radical (unpaired) electrons. The van der Waals surface area contributed by atoms with Gasteiger partial charge < -0.3 is 26.2 Å². The zero-order chi connectivity index (χ0) is 28.8. The Morgan fingerprint density at radius 2 is 1.57 bits per heavy atom. The summed E-state index contributed by atoms with van der Waals surface area (Å²) in [5, 5.41) is 0.700. The van der Waals surface area contributed by atoms with E-state index in [1.807, 2.05) is 30.3 Å². The maximum Gasteiger partial charge on any atom is 0.248 e. The van der Waals surface area contributed by atoms with Gasteiger partial charge in [-0.1, -0.05) is 59.6 Å². The third-order valence-electron chi connectivity index (χ3n) is 7.21. The van der Waals surface area contributed by atoms with Crippen LogP contribution in [0.4, 0.5) is 5.69 Å². The standard InChI is InChI=1S/C30H33Cl2N5O3/c1-35(29(39)19-37(18-28(33)38)24-11-12-25(31)26(32)16-24)27(17-36-13-2-3-14-36)21-9-7-20(8-10-21)22-5-4-6-23(15-22)30(34)40/h4-12,15-16,27H,2-3,13-14,17-19H2,1H3,(H2,33,38)(H2,34,40)/t27-/m0/s1. The number of carbonyl (C=O) groups excluding carboxylic acids is 3. The van der Waals surface area contributed by atoms with E-state index in [0.29, 0.717) is 27.8 Å². The highest BCUT2D eigenvalue weighted by atomic mass is 35.5. The van der Waals surface area contributed by atoms with E-state index >= 15 is 0 Å². The zero-order valence-corrected chi connectivity index (χ0v) is 23.9. The van der Waals surface area contributed by atoms with E-state index in [1.165, 1.54) is 0 Å². The minimum absolute atomic E-state index is 0.0636. The molecule has 0 aromatic heterocycles. The molecule has 3 aromatic carbocycles. The molecule has 210 valence electrons. The Morgan fingerprint density at radius 3 is 2.20 bits per heavy atom. The van der Waals surface area contributed by atoms with Gasteiger partial charge in [-0.2, -0.15) is 0 Å². The predicted molar refractivity (Wildman–Crippen MR) is 159 cm³/mol. The number of nitrogens with two attached hydrogens (primary N) is 2. The van der Waals surface area contributed by atoms with E-state index in [-0.39, 0.29) is 25.0 Å². The number of hydrogen-bond donors (Lipinski definition) is 2. The molecule has 40 heavy (non-hydrogen) atoms. The van der Waals surface area contributed by atoms with Crippen molar-refractivity contribution in [2.24, 2.45) is 11.5 Å². The highest BCUT2D eigenvalue weighted by Crippen LogP contribution is 2.29. The van der Waals surface area contributed by atoms with Gasteiger partial charge in [0.15, 0.2) is 0 Å². The Bertz CT molecular complexity index is 1380. The average molecular weight is 583 g/mol. The Hall–Kier alpha value is -3.59. The van der Waals surface area contributed by atoms with Gasteiger partial charge in [0.2, 0.25) is 17.7 Å². The number of benzene rings is 3.